The Kier molecular flexibility index (Phi) is 3.96. The lowest BCUT2D eigenvalue weighted by Gasteiger charge is -2.07. The summed E-state index contributed by atoms with van der Waals surface area (Å²) in [5, 5.41) is 3.42. The smallest absolute Gasteiger partial charge is 0.275 e. The van der Waals surface area contributed by atoms with E-state index in [9.17, 15) is 4.79 Å². The van der Waals surface area contributed by atoms with Crippen LogP contribution in [0.3, 0.4) is 0 Å². The van der Waals surface area contributed by atoms with E-state index in [0.29, 0.717) is 33.6 Å². The molecule has 0 atom stereocenters. The third-order valence-corrected chi connectivity index (χ3v) is 4.14. The Morgan fingerprint density at radius 2 is 1.91 bits per heavy atom. The Morgan fingerprint density at radius 1 is 1.13 bits per heavy atom. The zero-order chi connectivity index (χ0) is 16.6. The summed E-state index contributed by atoms with van der Waals surface area (Å²) >= 11 is 6.10. The van der Waals surface area contributed by atoms with Crippen LogP contribution >= 0.6 is 11.6 Å². The highest BCUT2D eigenvalue weighted by molar-refractivity contribution is 6.54. The Morgan fingerprint density at radius 3 is 2.61 bits per heavy atom. The summed E-state index contributed by atoms with van der Waals surface area (Å²) in [6, 6.07) is 8.79. The van der Waals surface area contributed by atoms with Crippen LogP contribution in [-0.2, 0) is 4.79 Å². The molecule has 0 aromatic heterocycles. The molecular formula is C17H15ClN2O3. The number of rotatable bonds is 3. The molecule has 2 aromatic carbocycles. The number of aliphatic imine (C=N–C) groups is 1. The first-order valence-electron chi connectivity index (χ1n) is 6.96. The van der Waals surface area contributed by atoms with E-state index in [2.05, 4.69) is 10.3 Å². The predicted molar refractivity (Wildman–Crippen MR) is 90.6 cm³/mol. The molecule has 6 heteroatoms. The standard InChI is InChI=1S/C17H15ClN2O3/c1-9-12(18)6-5-11-15(9)20-17(21)16(11)19-13-7-4-10(22-2)8-14(13)23-3/h4-8H,1-3H3,(H,19,20,21). The molecule has 0 bridgehead atoms. The van der Waals surface area contributed by atoms with E-state index in [1.807, 2.05) is 6.92 Å². The number of nitrogens with one attached hydrogen (secondary N) is 1. The first-order valence-corrected chi connectivity index (χ1v) is 7.34. The number of carbonyl (C=O) groups is 1. The molecule has 1 amide bonds. The highest BCUT2D eigenvalue weighted by Gasteiger charge is 2.28. The van der Waals surface area contributed by atoms with Crippen LogP contribution in [0.2, 0.25) is 5.02 Å². The van der Waals surface area contributed by atoms with Gasteiger partial charge in [-0.3, -0.25) is 4.79 Å². The molecule has 1 aliphatic heterocycles. The molecule has 3 rings (SSSR count). The van der Waals surface area contributed by atoms with Crippen molar-refractivity contribution in [2.24, 2.45) is 4.99 Å². The Balaban J connectivity index is 2.12. The molecule has 118 valence electrons. The van der Waals surface area contributed by atoms with Gasteiger partial charge >= 0.3 is 0 Å². The fourth-order valence-corrected chi connectivity index (χ4v) is 2.61. The minimum absolute atomic E-state index is 0.261. The van der Waals surface area contributed by atoms with Gasteiger partial charge in [0.05, 0.1) is 19.9 Å². The Labute approximate surface area is 138 Å². The summed E-state index contributed by atoms with van der Waals surface area (Å²) < 4.78 is 10.5. The van der Waals surface area contributed by atoms with E-state index in [-0.39, 0.29) is 5.91 Å². The van der Waals surface area contributed by atoms with Crippen LogP contribution in [0.1, 0.15) is 11.1 Å². The fraction of sp³-hybridized carbons (Fsp3) is 0.176. The van der Waals surface area contributed by atoms with Crippen LogP contribution in [0.5, 0.6) is 11.5 Å². The molecule has 2 aromatic rings. The Bertz CT molecular complexity index is 831. The minimum Gasteiger partial charge on any atom is -0.497 e. The molecule has 0 saturated heterocycles. The van der Waals surface area contributed by atoms with Gasteiger partial charge in [-0.15, -0.1) is 0 Å². The molecular weight excluding hydrogens is 316 g/mol. The van der Waals surface area contributed by atoms with Crippen LogP contribution in [-0.4, -0.2) is 25.8 Å². The van der Waals surface area contributed by atoms with E-state index >= 15 is 0 Å². The van der Waals surface area contributed by atoms with Gasteiger partial charge in [-0.25, -0.2) is 4.99 Å². The van der Waals surface area contributed by atoms with E-state index < -0.39 is 0 Å². The number of fused-ring (bicyclic) bond motifs is 1. The van der Waals surface area contributed by atoms with Crippen LogP contribution < -0.4 is 14.8 Å². The van der Waals surface area contributed by atoms with E-state index in [4.69, 9.17) is 21.1 Å². The summed E-state index contributed by atoms with van der Waals surface area (Å²) in [6.45, 7) is 1.86. The lowest BCUT2D eigenvalue weighted by atomic mass is 10.1. The summed E-state index contributed by atoms with van der Waals surface area (Å²) in [5.41, 5.74) is 3.15. The average molecular weight is 331 g/mol. The molecule has 0 saturated carbocycles. The molecule has 1 heterocycles. The quantitative estimate of drug-likeness (QED) is 0.932. The van der Waals surface area contributed by atoms with Gasteiger partial charge in [0.1, 0.15) is 22.9 Å². The maximum absolute atomic E-state index is 12.3. The van der Waals surface area contributed by atoms with Crippen LogP contribution in [0.15, 0.2) is 35.3 Å². The van der Waals surface area contributed by atoms with Crippen molar-refractivity contribution in [3.63, 3.8) is 0 Å². The monoisotopic (exact) mass is 330 g/mol. The predicted octanol–water partition coefficient (Wildman–Crippen LogP) is 3.74. The third kappa shape index (κ3) is 2.64. The van der Waals surface area contributed by atoms with Gasteiger partial charge in [-0.05, 0) is 36.8 Å². The van der Waals surface area contributed by atoms with Crippen molar-refractivity contribution < 1.29 is 14.3 Å². The van der Waals surface area contributed by atoms with Crippen LogP contribution in [0.25, 0.3) is 0 Å². The van der Waals surface area contributed by atoms with Crippen molar-refractivity contribution in [1.82, 2.24) is 0 Å². The molecule has 1 aliphatic rings. The molecule has 1 N–H and O–H groups in total. The summed E-state index contributed by atoms with van der Waals surface area (Å²) in [5.74, 6) is 0.928. The number of methoxy groups -OCH3 is 2. The largest absolute Gasteiger partial charge is 0.497 e. The fourth-order valence-electron chi connectivity index (χ4n) is 2.45. The number of amides is 1. The number of hydrogen-bond acceptors (Lipinski definition) is 4. The van der Waals surface area contributed by atoms with E-state index in [1.165, 1.54) is 0 Å². The zero-order valence-corrected chi connectivity index (χ0v) is 13.7. The van der Waals surface area contributed by atoms with Gasteiger partial charge in [-0.2, -0.15) is 0 Å². The molecule has 23 heavy (non-hydrogen) atoms. The van der Waals surface area contributed by atoms with Crippen molar-refractivity contribution in [2.45, 2.75) is 6.92 Å². The van der Waals surface area contributed by atoms with Crippen molar-refractivity contribution in [1.29, 1.82) is 0 Å². The third-order valence-electron chi connectivity index (χ3n) is 3.73. The van der Waals surface area contributed by atoms with Gasteiger partial charge in [0, 0.05) is 16.7 Å². The summed E-state index contributed by atoms with van der Waals surface area (Å²) in [4.78, 5) is 16.7. The number of halogens is 1. The highest BCUT2D eigenvalue weighted by Crippen LogP contribution is 2.36. The van der Waals surface area contributed by atoms with Crippen LogP contribution in [0.4, 0.5) is 11.4 Å². The summed E-state index contributed by atoms with van der Waals surface area (Å²) in [7, 11) is 3.12. The maximum atomic E-state index is 12.3. The van der Waals surface area contributed by atoms with Crippen molar-refractivity contribution in [3.05, 3.63) is 46.5 Å². The number of ether oxygens (including phenoxy) is 2. The molecule has 0 radical (unpaired) electrons. The molecule has 0 fully saturated rings. The van der Waals surface area contributed by atoms with Crippen molar-refractivity contribution in [2.75, 3.05) is 19.5 Å². The highest BCUT2D eigenvalue weighted by atomic mass is 35.5. The second kappa shape index (κ2) is 5.93. The van der Waals surface area contributed by atoms with E-state index in [0.717, 1.165) is 11.1 Å². The second-order valence-electron chi connectivity index (χ2n) is 5.05. The zero-order valence-electron chi connectivity index (χ0n) is 12.9. The molecule has 0 aliphatic carbocycles. The Hall–Kier alpha value is -2.53. The lowest BCUT2D eigenvalue weighted by Crippen LogP contribution is -2.14. The number of anilines is 1. The van der Waals surface area contributed by atoms with Gasteiger partial charge < -0.3 is 14.8 Å². The number of carbonyl (C=O) groups excluding carboxylic acids is 1. The lowest BCUT2D eigenvalue weighted by molar-refractivity contribution is -0.110. The SMILES string of the molecule is COc1ccc(N=C2C(=O)Nc3c2ccc(Cl)c3C)c(OC)c1. The van der Waals surface area contributed by atoms with Crippen LogP contribution in [0, 0.1) is 6.92 Å². The molecule has 0 unspecified atom stereocenters. The molecule has 0 spiro atoms. The normalized spacial score (nSPS) is 14.6. The number of hydrogen-bond donors (Lipinski definition) is 1. The number of nitrogens with zero attached hydrogens (tertiary/aromatic N) is 1. The first-order chi connectivity index (χ1) is 11.0. The minimum atomic E-state index is -0.261. The first kappa shape index (κ1) is 15.4. The van der Waals surface area contributed by atoms with Gasteiger partial charge in [0.2, 0.25) is 0 Å². The second-order valence-corrected chi connectivity index (χ2v) is 5.45. The van der Waals surface area contributed by atoms with Gasteiger partial charge in [0.15, 0.2) is 0 Å². The molecule has 5 nitrogen and oxygen atoms in total. The number of benzene rings is 2. The maximum Gasteiger partial charge on any atom is 0.275 e. The summed E-state index contributed by atoms with van der Waals surface area (Å²) in [6.07, 6.45) is 0. The van der Waals surface area contributed by atoms with Gasteiger partial charge in [-0.1, -0.05) is 11.6 Å². The van der Waals surface area contributed by atoms with Crippen molar-refractivity contribution >= 4 is 34.6 Å². The average Bonchev–Trinajstić information content (AvgIpc) is 2.88. The van der Waals surface area contributed by atoms with E-state index in [1.54, 1.807) is 44.6 Å². The van der Waals surface area contributed by atoms with Gasteiger partial charge in [0.25, 0.3) is 5.91 Å². The topological polar surface area (TPSA) is 59.9 Å². The van der Waals surface area contributed by atoms with Crippen molar-refractivity contribution in [3.8, 4) is 11.5 Å².